The van der Waals surface area contributed by atoms with Crippen molar-refractivity contribution < 1.29 is 14.4 Å². The van der Waals surface area contributed by atoms with E-state index in [4.69, 9.17) is 23.2 Å². The lowest BCUT2D eigenvalue weighted by molar-refractivity contribution is -0.138. The topological polar surface area (TPSA) is 87.3 Å². The summed E-state index contributed by atoms with van der Waals surface area (Å²) >= 11 is 11.7. The molecule has 0 radical (unpaired) electrons. The molecular weight excluding hydrogens is 377 g/mol. The SMILES string of the molecule is CCc1ccc(NC(=O)C(=O)NNC(=O)Cc2ccc(Cl)c(Cl)c2)cc1. The molecule has 0 saturated heterocycles. The molecule has 8 heteroatoms. The molecule has 2 aromatic carbocycles. The van der Waals surface area contributed by atoms with Gasteiger partial charge in [-0.25, -0.2) is 0 Å². The summed E-state index contributed by atoms with van der Waals surface area (Å²) in [7, 11) is 0. The lowest BCUT2D eigenvalue weighted by Gasteiger charge is -2.09. The first-order chi connectivity index (χ1) is 12.4. The predicted octanol–water partition coefficient (Wildman–Crippen LogP) is 2.88. The van der Waals surface area contributed by atoms with Crippen LogP contribution in [0.4, 0.5) is 5.69 Å². The third-order valence-electron chi connectivity index (χ3n) is 3.49. The highest BCUT2D eigenvalue weighted by molar-refractivity contribution is 6.42. The second-order valence-corrected chi connectivity index (χ2v) is 6.25. The zero-order valence-electron chi connectivity index (χ0n) is 13.9. The van der Waals surface area contributed by atoms with E-state index < -0.39 is 17.7 Å². The van der Waals surface area contributed by atoms with Crippen molar-refractivity contribution in [3.63, 3.8) is 0 Å². The smallest absolute Gasteiger partial charge is 0.318 e. The number of hydrazine groups is 1. The third-order valence-corrected chi connectivity index (χ3v) is 4.23. The molecule has 0 aliphatic rings. The average Bonchev–Trinajstić information content (AvgIpc) is 2.63. The summed E-state index contributed by atoms with van der Waals surface area (Å²) in [4.78, 5) is 35.4. The Morgan fingerprint density at radius 3 is 2.12 bits per heavy atom. The van der Waals surface area contributed by atoms with E-state index in [0.29, 0.717) is 21.3 Å². The molecule has 0 spiro atoms. The van der Waals surface area contributed by atoms with Gasteiger partial charge in [0.05, 0.1) is 16.5 Å². The van der Waals surface area contributed by atoms with Crippen LogP contribution < -0.4 is 16.2 Å². The summed E-state index contributed by atoms with van der Waals surface area (Å²) in [5.74, 6) is -2.37. The van der Waals surface area contributed by atoms with Crippen LogP contribution in [0.2, 0.25) is 10.0 Å². The maximum absolute atomic E-state index is 11.8. The molecule has 0 aliphatic carbocycles. The Morgan fingerprint density at radius 1 is 0.846 bits per heavy atom. The maximum atomic E-state index is 11.8. The number of hydrogen-bond donors (Lipinski definition) is 3. The van der Waals surface area contributed by atoms with Gasteiger partial charge < -0.3 is 5.32 Å². The Kier molecular flexibility index (Phi) is 7.00. The highest BCUT2D eigenvalue weighted by atomic mass is 35.5. The number of carbonyl (C=O) groups is 3. The van der Waals surface area contributed by atoms with E-state index >= 15 is 0 Å². The lowest BCUT2D eigenvalue weighted by atomic mass is 10.1. The molecule has 0 unspecified atom stereocenters. The summed E-state index contributed by atoms with van der Waals surface area (Å²) in [6.45, 7) is 2.02. The quantitative estimate of drug-likeness (QED) is 0.551. The summed E-state index contributed by atoms with van der Waals surface area (Å²) in [5.41, 5.74) is 6.46. The molecule has 0 fully saturated rings. The molecular formula is C18H17Cl2N3O3. The first-order valence-electron chi connectivity index (χ1n) is 7.82. The number of anilines is 1. The monoisotopic (exact) mass is 393 g/mol. The second-order valence-electron chi connectivity index (χ2n) is 5.43. The van der Waals surface area contributed by atoms with Gasteiger partial charge in [0.25, 0.3) is 0 Å². The van der Waals surface area contributed by atoms with Crippen LogP contribution >= 0.6 is 23.2 Å². The minimum Gasteiger partial charge on any atom is -0.318 e. The molecule has 136 valence electrons. The molecule has 3 amide bonds. The predicted molar refractivity (Wildman–Crippen MR) is 101 cm³/mol. The van der Waals surface area contributed by atoms with Gasteiger partial charge >= 0.3 is 11.8 Å². The van der Waals surface area contributed by atoms with Crippen molar-refractivity contribution in [3.05, 3.63) is 63.6 Å². The van der Waals surface area contributed by atoms with Crippen LogP contribution in [0.15, 0.2) is 42.5 Å². The number of hydrogen-bond acceptors (Lipinski definition) is 3. The second kappa shape index (κ2) is 9.22. The Labute approximate surface area is 160 Å². The van der Waals surface area contributed by atoms with Gasteiger partial charge in [0, 0.05) is 5.69 Å². The van der Waals surface area contributed by atoms with Gasteiger partial charge in [-0.15, -0.1) is 0 Å². The molecule has 0 heterocycles. The Morgan fingerprint density at radius 2 is 1.50 bits per heavy atom. The minimum absolute atomic E-state index is 0.0305. The largest absolute Gasteiger partial charge is 0.328 e. The van der Waals surface area contributed by atoms with Gasteiger partial charge in [0.15, 0.2) is 0 Å². The van der Waals surface area contributed by atoms with Crippen molar-refractivity contribution in [1.82, 2.24) is 10.9 Å². The van der Waals surface area contributed by atoms with E-state index in [1.807, 2.05) is 19.1 Å². The van der Waals surface area contributed by atoms with Crippen molar-refractivity contribution in [2.45, 2.75) is 19.8 Å². The average molecular weight is 394 g/mol. The number of carbonyl (C=O) groups excluding carboxylic acids is 3. The van der Waals surface area contributed by atoms with Crippen LogP contribution in [0.3, 0.4) is 0 Å². The molecule has 0 aromatic heterocycles. The van der Waals surface area contributed by atoms with Crippen molar-refractivity contribution in [1.29, 1.82) is 0 Å². The zero-order valence-corrected chi connectivity index (χ0v) is 15.4. The molecule has 0 bridgehead atoms. The van der Waals surface area contributed by atoms with E-state index in [-0.39, 0.29) is 6.42 Å². The van der Waals surface area contributed by atoms with E-state index in [0.717, 1.165) is 12.0 Å². The number of amides is 3. The number of benzene rings is 2. The molecule has 0 aliphatic heterocycles. The lowest BCUT2D eigenvalue weighted by Crippen LogP contribution is -2.47. The minimum atomic E-state index is -0.980. The number of halogens is 2. The highest BCUT2D eigenvalue weighted by Gasteiger charge is 2.15. The van der Waals surface area contributed by atoms with E-state index in [9.17, 15) is 14.4 Å². The summed E-state index contributed by atoms with van der Waals surface area (Å²) in [5, 5.41) is 3.16. The first-order valence-corrected chi connectivity index (χ1v) is 8.57. The van der Waals surface area contributed by atoms with Gasteiger partial charge in [0.1, 0.15) is 0 Å². The van der Waals surface area contributed by atoms with Crippen LogP contribution in [0.25, 0.3) is 0 Å². The van der Waals surface area contributed by atoms with Crippen molar-refractivity contribution in [2.75, 3.05) is 5.32 Å². The fraction of sp³-hybridized carbons (Fsp3) is 0.167. The van der Waals surface area contributed by atoms with Crippen LogP contribution in [-0.2, 0) is 27.2 Å². The molecule has 0 saturated carbocycles. The van der Waals surface area contributed by atoms with E-state index in [1.165, 1.54) is 0 Å². The van der Waals surface area contributed by atoms with Crippen LogP contribution in [0, 0.1) is 0 Å². The highest BCUT2D eigenvalue weighted by Crippen LogP contribution is 2.22. The summed E-state index contributed by atoms with van der Waals surface area (Å²) in [6, 6.07) is 11.9. The molecule has 2 aromatic rings. The molecule has 26 heavy (non-hydrogen) atoms. The van der Waals surface area contributed by atoms with Crippen LogP contribution in [0.5, 0.6) is 0 Å². The maximum Gasteiger partial charge on any atom is 0.328 e. The van der Waals surface area contributed by atoms with Crippen LogP contribution in [0.1, 0.15) is 18.1 Å². The third kappa shape index (κ3) is 5.75. The number of nitrogens with one attached hydrogen (secondary N) is 3. The van der Waals surface area contributed by atoms with Crippen molar-refractivity contribution >= 4 is 46.6 Å². The van der Waals surface area contributed by atoms with Gasteiger partial charge in [-0.2, -0.15) is 0 Å². The Balaban J connectivity index is 1.81. The molecule has 6 nitrogen and oxygen atoms in total. The number of rotatable bonds is 4. The first kappa shape index (κ1) is 19.8. The molecule has 2 rings (SSSR count). The summed E-state index contributed by atoms with van der Waals surface area (Å²) < 4.78 is 0. The van der Waals surface area contributed by atoms with Crippen LogP contribution in [-0.4, -0.2) is 17.7 Å². The van der Waals surface area contributed by atoms with E-state index in [1.54, 1.807) is 30.3 Å². The number of aryl methyl sites for hydroxylation is 1. The van der Waals surface area contributed by atoms with Gasteiger partial charge in [-0.1, -0.05) is 48.3 Å². The van der Waals surface area contributed by atoms with Gasteiger partial charge in [0.2, 0.25) is 5.91 Å². The fourth-order valence-electron chi connectivity index (χ4n) is 2.07. The van der Waals surface area contributed by atoms with Crippen molar-refractivity contribution in [2.24, 2.45) is 0 Å². The Bertz CT molecular complexity index is 823. The standard InChI is InChI=1S/C18H17Cl2N3O3/c1-2-11-3-6-13(7-4-11)21-17(25)18(26)23-22-16(24)10-12-5-8-14(19)15(20)9-12/h3-9H,2,10H2,1H3,(H,21,25)(H,22,24)(H,23,26). The van der Waals surface area contributed by atoms with Crippen molar-refractivity contribution in [3.8, 4) is 0 Å². The fourth-order valence-corrected chi connectivity index (χ4v) is 2.39. The summed E-state index contributed by atoms with van der Waals surface area (Å²) in [6.07, 6.45) is 0.844. The van der Waals surface area contributed by atoms with Gasteiger partial charge in [-0.3, -0.25) is 25.2 Å². The van der Waals surface area contributed by atoms with Gasteiger partial charge in [-0.05, 0) is 41.8 Å². The molecule has 0 atom stereocenters. The van der Waals surface area contributed by atoms with E-state index in [2.05, 4.69) is 16.2 Å². The molecule has 3 N–H and O–H groups in total. The zero-order chi connectivity index (χ0) is 19.1. The Hall–Kier alpha value is -2.57. The normalized spacial score (nSPS) is 10.1.